The van der Waals surface area contributed by atoms with Gasteiger partial charge in [0.05, 0.1) is 13.2 Å². The van der Waals surface area contributed by atoms with Crippen molar-refractivity contribution in [3.8, 4) is 0 Å². The van der Waals surface area contributed by atoms with Gasteiger partial charge in [-0.1, -0.05) is 20.8 Å². The van der Waals surface area contributed by atoms with Gasteiger partial charge in [-0.15, -0.1) is 0 Å². The maximum Gasteiger partial charge on any atom is 0.306 e. The van der Waals surface area contributed by atoms with Crippen LogP contribution in [0.25, 0.3) is 0 Å². The Morgan fingerprint density at radius 3 is 2.21 bits per heavy atom. The molecule has 0 atom stereocenters. The van der Waals surface area contributed by atoms with E-state index in [2.05, 4.69) is 0 Å². The van der Waals surface area contributed by atoms with Crippen molar-refractivity contribution in [3.63, 3.8) is 0 Å². The summed E-state index contributed by atoms with van der Waals surface area (Å²) < 4.78 is 4.94. The second kappa shape index (κ2) is 5.98. The number of hydrogen-bond donors (Lipinski definition) is 2. The van der Waals surface area contributed by atoms with Gasteiger partial charge < -0.3 is 14.9 Å². The SMILES string of the molecule is CC(C)CC(=O)OCC(C)(CO)CO. The van der Waals surface area contributed by atoms with Crippen molar-refractivity contribution in [3.05, 3.63) is 0 Å². The molecule has 0 bridgehead atoms. The van der Waals surface area contributed by atoms with Crippen LogP contribution >= 0.6 is 0 Å². The lowest BCUT2D eigenvalue weighted by Gasteiger charge is -2.23. The van der Waals surface area contributed by atoms with Gasteiger partial charge in [0, 0.05) is 11.8 Å². The molecule has 0 aliphatic heterocycles. The molecular weight excluding hydrogens is 184 g/mol. The third-order valence-corrected chi connectivity index (χ3v) is 1.92. The Hall–Kier alpha value is -0.610. The molecular formula is C10H20O4. The van der Waals surface area contributed by atoms with Gasteiger partial charge >= 0.3 is 5.97 Å². The maximum atomic E-state index is 11.1. The zero-order valence-electron chi connectivity index (χ0n) is 9.12. The van der Waals surface area contributed by atoms with E-state index in [0.717, 1.165) is 0 Å². The first-order valence-corrected chi connectivity index (χ1v) is 4.81. The normalized spacial score (nSPS) is 11.9. The molecule has 4 nitrogen and oxygen atoms in total. The van der Waals surface area contributed by atoms with E-state index in [-0.39, 0.29) is 31.7 Å². The highest BCUT2D eigenvalue weighted by Crippen LogP contribution is 2.15. The molecule has 0 aromatic carbocycles. The molecule has 0 amide bonds. The average molecular weight is 204 g/mol. The zero-order chi connectivity index (χ0) is 11.2. The van der Waals surface area contributed by atoms with Crippen LogP contribution in [0.5, 0.6) is 0 Å². The summed E-state index contributed by atoms with van der Waals surface area (Å²) in [6, 6.07) is 0. The predicted octanol–water partition coefficient (Wildman–Crippen LogP) is 0.567. The van der Waals surface area contributed by atoms with Crippen LogP contribution < -0.4 is 0 Å². The van der Waals surface area contributed by atoms with E-state index >= 15 is 0 Å². The first-order chi connectivity index (χ1) is 6.43. The molecule has 0 aliphatic carbocycles. The minimum atomic E-state index is -0.730. The molecule has 0 unspecified atom stereocenters. The van der Waals surface area contributed by atoms with E-state index in [0.29, 0.717) is 6.42 Å². The Kier molecular flexibility index (Phi) is 5.72. The van der Waals surface area contributed by atoms with Gasteiger partial charge in [-0.3, -0.25) is 4.79 Å². The fraction of sp³-hybridized carbons (Fsp3) is 0.900. The Labute approximate surface area is 84.9 Å². The molecule has 0 saturated carbocycles. The van der Waals surface area contributed by atoms with E-state index in [1.54, 1.807) is 6.92 Å². The van der Waals surface area contributed by atoms with Crippen LogP contribution in [0, 0.1) is 11.3 Å². The standard InChI is InChI=1S/C10H20O4/c1-8(2)4-9(13)14-7-10(3,5-11)6-12/h8,11-12H,4-7H2,1-3H3. The van der Waals surface area contributed by atoms with Gasteiger partial charge in [0.25, 0.3) is 0 Å². The molecule has 0 heterocycles. The number of rotatable bonds is 6. The average Bonchev–Trinajstić information content (AvgIpc) is 2.13. The molecule has 0 radical (unpaired) electrons. The number of carbonyl (C=O) groups excluding carboxylic acids is 1. The molecule has 84 valence electrons. The summed E-state index contributed by atoms with van der Waals surface area (Å²) in [5.74, 6) is -0.0230. The molecule has 0 aliphatic rings. The van der Waals surface area contributed by atoms with Crippen LogP contribution in [0.15, 0.2) is 0 Å². The third kappa shape index (κ3) is 5.19. The molecule has 0 aromatic heterocycles. The zero-order valence-corrected chi connectivity index (χ0v) is 9.12. The molecule has 0 fully saturated rings. The van der Waals surface area contributed by atoms with Crippen molar-refractivity contribution in [2.45, 2.75) is 27.2 Å². The first-order valence-electron chi connectivity index (χ1n) is 4.81. The number of hydrogen-bond acceptors (Lipinski definition) is 4. The molecule has 2 N–H and O–H groups in total. The van der Waals surface area contributed by atoms with Crippen LogP contribution in [0.2, 0.25) is 0 Å². The van der Waals surface area contributed by atoms with E-state index in [1.807, 2.05) is 13.8 Å². The van der Waals surface area contributed by atoms with Crippen LogP contribution in [-0.2, 0) is 9.53 Å². The molecule has 14 heavy (non-hydrogen) atoms. The molecule has 0 aromatic rings. The summed E-state index contributed by atoms with van der Waals surface area (Å²) in [4.78, 5) is 11.1. The summed E-state index contributed by atoms with van der Waals surface area (Å²) in [5.41, 5.74) is -0.730. The number of carbonyl (C=O) groups is 1. The largest absolute Gasteiger partial charge is 0.465 e. The Morgan fingerprint density at radius 2 is 1.86 bits per heavy atom. The van der Waals surface area contributed by atoms with Gasteiger partial charge in [0.2, 0.25) is 0 Å². The van der Waals surface area contributed by atoms with E-state index < -0.39 is 5.41 Å². The number of esters is 1. The number of ether oxygens (including phenoxy) is 1. The maximum absolute atomic E-state index is 11.1. The minimum absolute atomic E-state index is 0.0611. The van der Waals surface area contributed by atoms with E-state index in [1.165, 1.54) is 0 Å². The second-order valence-electron chi connectivity index (χ2n) is 4.39. The van der Waals surface area contributed by atoms with Gasteiger partial charge in [-0.2, -0.15) is 0 Å². The quantitative estimate of drug-likeness (QED) is 0.621. The molecule has 0 rings (SSSR count). The van der Waals surface area contributed by atoms with Crippen LogP contribution in [0.3, 0.4) is 0 Å². The highest BCUT2D eigenvalue weighted by atomic mass is 16.5. The summed E-state index contributed by atoms with van der Waals surface area (Å²) in [6.07, 6.45) is 0.368. The lowest BCUT2D eigenvalue weighted by Crippen LogP contribution is -2.32. The highest BCUT2D eigenvalue weighted by Gasteiger charge is 2.24. The van der Waals surface area contributed by atoms with Crippen LogP contribution in [-0.4, -0.2) is 36.0 Å². The van der Waals surface area contributed by atoms with Crippen LogP contribution in [0.1, 0.15) is 27.2 Å². The van der Waals surface area contributed by atoms with Gasteiger partial charge in [-0.25, -0.2) is 0 Å². The van der Waals surface area contributed by atoms with Gasteiger partial charge in [0.1, 0.15) is 6.61 Å². The monoisotopic (exact) mass is 204 g/mol. The Balaban J connectivity index is 3.86. The summed E-state index contributed by atoms with van der Waals surface area (Å²) in [5, 5.41) is 17.9. The topological polar surface area (TPSA) is 66.8 Å². The number of aliphatic hydroxyl groups is 2. The summed E-state index contributed by atoms with van der Waals surface area (Å²) >= 11 is 0. The molecule has 0 saturated heterocycles. The van der Waals surface area contributed by atoms with Crippen molar-refractivity contribution in [2.75, 3.05) is 19.8 Å². The first kappa shape index (κ1) is 13.4. The van der Waals surface area contributed by atoms with Gasteiger partial charge in [0.15, 0.2) is 0 Å². The van der Waals surface area contributed by atoms with Crippen molar-refractivity contribution in [2.24, 2.45) is 11.3 Å². The smallest absolute Gasteiger partial charge is 0.306 e. The van der Waals surface area contributed by atoms with Crippen molar-refractivity contribution >= 4 is 5.97 Å². The van der Waals surface area contributed by atoms with E-state index in [9.17, 15) is 4.79 Å². The Morgan fingerprint density at radius 1 is 1.36 bits per heavy atom. The van der Waals surface area contributed by atoms with Crippen molar-refractivity contribution < 1.29 is 19.7 Å². The van der Waals surface area contributed by atoms with Crippen molar-refractivity contribution in [1.29, 1.82) is 0 Å². The lowest BCUT2D eigenvalue weighted by molar-refractivity contribution is -0.149. The predicted molar refractivity (Wildman–Crippen MR) is 52.7 cm³/mol. The van der Waals surface area contributed by atoms with Gasteiger partial charge in [-0.05, 0) is 5.92 Å². The van der Waals surface area contributed by atoms with Crippen molar-refractivity contribution in [1.82, 2.24) is 0 Å². The summed E-state index contributed by atoms with van der Waals surface area (Å²) in [7, 11) is 0. The fourth-order valence-corrected chi connectivity index (χ4v) is 0.788. The molecule has 0 spiro atoms. The third-order valence-electron chi connectivity index (χ3n) is 1.92. The second-order valence-corrected chi connectivity index (χ2v) is 4.39. The van der Waals surface area contributed by atoms with Crippen LogP contribution in [0.4, 0.5) is 0 Å². The highest BCUT2D eigenvalue weighted by molar-refractivity contribution is 5.69. The summed E-state index contributed by atoms with van der Waals surface area (Å²) in [6.45, 7) is 5.19. The minimum Gasteiger partial charge on any atom is -0.465 e. The fourth-order valence-electron chi connectivity index (χ4n) is 0.788. The lowest BCUT2D eigenvalue weighted by atomic mass is 9.94. The molecule has 4 heteroatoms. The van der Waals surface area contributed by atoms with E-state index in [4.69, 9.17) is 14.9 Å². The number of aliphatic hydroxyl groups excluding tert-OH is 2. The Bertz CT molecular complexity index is 173.